The number of amides is 6. The van der Waals surface area contributed by atoms with Gasteiger partial charge < -0.3 is 30.7 Å². The number of aryl methyl sites for hydroxylation is 4. The first-order chi connectivity index (χ1) is 52.1. The Morgan fingerprint density at radius 3 is 1.15 bits per heavy atom. The Morgan fingerprint density at radius 2 is 0.782 bits per heavy atom. The first-order valence-electron chi connectivity index (χ1n) is 35.7. The molecule has 3 atom stereocenters. The van der Waals surface area contributed by atoms with E-state index in [2.05, 4.69) is 84.1 Å². The van der Waals surface area contributed by atoms with Crippen molar-refractivity contribution in [2.24, 2.45) is 0 Å². The predicted molar refractivity (Wildman–Crippen MR) is 430 cm³/mol. The number of hydrogen-bond acceptors (Lipinski definition) is 15. The molecule has 15 rings (SSSR count). The van der Waals surface area contributed by atoms with Crippen LogP contribution >= 0.6 is 0 Å². The number of rotatable bonds is 14. The highest BCUT2D eigenvalue weighted by Crippen LogP contribution is 2.40. The lowest BCUT2D eigenvalue weighted by Crippen LogP contribution is -2.38. The Hall–Kier alpha value is -13.2. The van der Waals surface area contributed by atoms with Crippen LogP contribution in [0.25, 0.3) is 50.3 Å². The molecule has 0 bridgehead atoms. The van der Waals surface area contributed by atoms with Gasteiger partial charge in [-0.05, 0) is 183 Å². The summed E-state index contributed by atoms with van der Waals surface area (Å²) in [5.41, 5.74) is 12.8. The van der Waals surface area contributed by atoms with Gasteiger partial charge in [0, 0.05) is 107 Å². The summed E-state index contributed by atoms with van der Waals surface area (Å²) in [7, 11) is 0. The number of benzene rings is 3. The van der Waals surface area contributed by atoms with Crippen molar-refractivity contribution in [1.82, 2.24) is 72.8 Å². The lowest BCUT2D eigenvalue weighted by molar-refractivity contribution is -0.130. The lowest BCUT2D eigenvalue weighted by atomic mass is 10.0. The second kappa shape index (κ2) is 35.9. The van der Waals surface area contributed by atoms with Gasteiger partial charge in [0.1, 0.15) is 34.9 Å². The SMILES string of the molecule is C.C.C.C=CC(=O)N1CCCC[C@H]1c1nc(-c2ccc(C(=O)Nc3ccccn3)cc2)c2c(C)ncc(C)n12.C=CC(=O)N1CCCC[C@H]1c1nc(-c2ccc(C(=O)Nc3ccccn3)cc2)c2cncc(C)n12.CC#CC(=O)N1CCCC[C@H]1c1nc(-c2ccc(C(=O)Nc3ccccn3)cc2)c2cncc(C)n12. The van der Waals surface area contributed by atoms with E-state index in [9.17, 15) is 28.8 Å². The summed E-state index contributed by atoms with van der Waals surface area (Å²) in [5.74, 6) is 8.35. The molecule has 110 heavy (non-hydrogen) atoms. The van der Waals surface area contributed by atoms with E-state index < -0.39 is 0 Å². The van der Waals surface area contributed by atoms with Crippen LogP contribution in [0.1, 0.15) is 176 Å². The second-order valence-corrected chi connectivity index (χ2v) is 26.3. The number of nitrogens with one attached hydrogen (secondary N) is 3. The summed E-state index contributed by atoms with van der Waals surface area (Å²) in [6.07, 6.45) is 25.1. The van der Waals surface area contributed by atoms with Crippen molar-refractivity contribution in [2.75, 3.05) is 35.6 Å². The minimum atomic E-state index is -0.235. The first-order valence-corrected chi connectivity index (χ1v) is 35.7. The molecule has 24 nitrogen and oxygen atoms in total. The van der Waals surface area contributed by atoms with Crippen molar-refractivity contribution in [2.45, 2.75) is 133 Å². The summed E-state index contributed by atoms with van der Waals surface area (Å²) >= 11 is 0. The fourth-order valence-electron chi connectivity index (χ4n) is 14.2. The maximum Gasteiger partial charge on any atom is 0.299 e. The maximum atomic E-state index is 12.8. The molecule has 0 saturated carbocycles. The molecule has 0 spiro atoms. The highest BCUT2D eigenvalue weighted by atomic mass is 16.2. The third-order valence-electron chi connectivity index (χ3n) is 19.3. The zero-order valence-corrected chi connectivity index (χ0v) is 60.2. The van der Waals surface area contributed by atoms with Crippen LogP contribution in [0.5, 0.6) is 0 Å². The lowest BCUT2D eigenvalue weighted by Gasteiger charge is -2.34. The van der Waals surface area contributed by atoms with Crippen LogP contribution < -0.4 is 16.0 Å². The van der Waals surface area contributed by atoms with E-state index in [-0.39, 0.29) is 75.8 Å². The molecule has 3 aliphatic heterocycles. The zero-order chi connectivity index (χ0) is 74.7. The molecule has 3 aliphatic rings. The fraction of sp³-hybridized carbons (Fsp3) is 0.267. The number of nitrogens with zero attached hydrogens (tertiary/aromatic N) is 15. The van der Waals surface area contributed by atoms with Gasteiger partial charge in [0.25, 0.3) is 23.6 Å². The van der Waals surface area contributed by atoms with Gasteiger partial charge in [0.15, 0.2) is 0 Å². The van der Waals surface area contributed by atoms with Crippen LogP contribution in [-0.4, -0.2) is 128 Å². The number of imidazole rings is 3. The number of likely N-dealkylation sites (tertiary alicyclic amines) is 3. The van der Waals surface area contributed by atoms with Crippen LogP contribution in [0.4, 0.5) is 17.5 Å². The van der Waals surface area contributed by atoms with Crippen LogP contribution in [0.2, 0.25) is 0 Å². The van der Waals surface area contributed by atoms with Crippen LogP contribution in [0.15, 0.2) is 202 Å². The predicted octanol–water partition coefficient (Wildman–Crippen LogP) is 15.8. The standard InChI is InChI=1S/C28H28N6O2.C28H26N6O2.C27H26N6O2.3CH4/c1-4-24(35)33-16-8-6-9-22(33)27-32-25(26-19(3)30-17-18(2)34(26)27)20-11-13-21(14-12-20)28(36)31-23-10-5-7-15-29-23;1-3-8-25(35)33-16-7-5-9-22(33)27-32-26(23-18-29-17-19(2)34(23)27)20-11-13-21(14-12-20)28(36)31-24-10-4-6-15-30-24;1-3-24(34)32-15-7-5-8-21(32)26-31-25(22-17-28-16-18(2)33(22)26)19-10-12-20(13-11-19)27(35)30-23-9-4-6-14-29-23;;;/h4-5,7,10-15,17,22H,1,6,8-9,16H2,2-3H3,(H,29,31,36);4,6,10-15,17-18,22H,5,7,9,16H2,1-2H3,(H,30,31,36);3-4,6,9-14,16-17,21H,1,5,7-8,15H2,2H3,(H,29,30,35);3*1H4/t2*22-;21-;;;/m000.../s1. The molecule has 12 aromatic rings. The molecule has 9 aromatic heterocycles. The number of piperidine rings is 3. The quantitative estimate of drug-likeness (QED) is 0.0674. The largest absolute Gasteiger partial charge is 0.329 e. The molecule has 6 amide bonds. The van der Waals surface area contributed by atoms with Gasteiger partial charge >= 0.3 is 0 Å². The van der Waals surface area contributed by atoms with E-state index in [4.69, 9.17) is 15.0 Å². The average Bonchev–Trinajstić information content (AvgIpc) is 1.60. The summed E-state index contributed by atoms with van der Waals surface area (Å²) in [6.45, 7) is 19.0. The highest BCUT2D eigenvalue weighted by molar-refractivity contribution is 6.06. The molecule has 562 valence electrons. The number of hydrogen-bond donors (Lipinski definition) is 3. The Labute approximate surface area is 641 Å². The van der Waals surface area contributed by atoms with Crippen LogP contribution in [0, 0.1) is 39.5 Å². The molecule has 3 aromatic carbocycles. The van der Waals surface area contributed by atoms with E-state index in [0.29, 0.717) is 53.8 Å². The third kappa shape index (κ3) is 17.0. The van der Waals surface area contributed by atoms with E-state index in [1.54, 1.807) is 123 Å². The van der Waals surface area contributed by atoms with Gasteiger partial charge in [-0.3, -0.25) is 56.9 Å². The molecule has 24 heteroatoms. The highest BCUT2D eigenvalue weighted by Gasteiger charge is 2.35. The summed E-state index contributed by atoms with van der Waals surface area (Å²) < 4.78 is 6.29. The fourth-order valence-corrected chi connectivity index (χ4v) is 14.2. The molecule has 3 N–H and O–H groups in total. The van der Waals surface area contributed by atoms with E-state index in [1.165, 1.54) is 12.2 Å². The third-order valence-corrected chi connectivity index (χ3v) is 19.3. The molecular weight excluding hydrogens is 1380 g/mol. The number of anilines is 3. The van der Waals surface area contributed by atoms with Crippen molar-refractivity contribution >= 4 is 69.4 Å². The Morgan fingerprint density at radius 1 is 0.427 bits per heavy atom. The van der Waals surface area contributed by atoms with Crippen molar-refractivity contribution in [3.05, 3.63) is 259 Å². The number of carbonyl (C=O) groups is 6. The summed E-state index contributed by atoms with van der Waals surface area (Å²) in [4.78, 5) is 123. The first kappa shape index (κ1) is 79.4. The van der Waals surface area contributed by atoms with Gasteiger partial charge in [0.05, 0.1) is 69.8 Å². The molecule has 12 heterocycles. The number of carbonyl (C=O) groups excluding carboxylic acids is 6. The Balaban J connectivity index is 0.000000173. The smallest absolute Gasteiger partial charge is 0.299 e. The number of aromatic nitrogens is 12. The van der Waals surface area contributed by atoms with E-state index in [0.717, 1.165) is 148 Å². The van der Waals surface area contributed by atoms with Gasteiger partial charge in [-0.2, -0.15) is 0 Å². The second-order valence-electron chi connectivity index (χ2n) is 26.3. The van der Waals surface area contributed by atoms with Crippen molar-refractivity contribution in [1.29, 1.82) is 0 Å². The molecule has 0 aliphatic carbocycles. The minimum absolute atomic E-state index is 0. The van der Waals surface area contributed by atoms with Crippen molar-refractivity contribution < 1.29 is 28.8 Å². The normalized spacial score (nSPS) is 15.1. The molecular formula is C86H92N18O6. The summed E-state index contributed by atoms with van der Waals surface area (Å²) in [5, 5.41) is 8.40. The molecule has 3 fully saturated rings. The van der Waals surface area contributed by atoms with Crippen molar-refractivity contribution in [3.8, 4) is 45.6 Å². The molecule has 3 saturated heterocycles. The van der Waals surface area contributed by atoms with Gasteiger partial charge in [-0.1, -0.05) is 96.0 Å². The van der Waals surface area contributed by atoms with Crippen LogP contribution in [0.3, 0.4) is 0 Å². The summed E-state index contributed by atoms with van der Waals surface area (Å²) in [6, 6.07) is 37.6. The van der Waals surface area contributed by atoms with Crippen molar-refractivity contribution in [3.63, 3.8) is 0 Å². The average molecular weight is 1470 g/mol. The minimum Gasteiger partial charge on any atom is -0.329 e. The Bertz CT molecular complexity index is 5380. The topological polar surface area (TPSA) is 277 Å². The van der Waals surface area contributed by atoms with E-state index in [1.807, 2.05) is 103 Å². The zero-order valence-electron chi connectivity index (χ0n) is 60.2. The van der Waals surface area contributed by atoms with Gasteiger partial charge in [-0.15, -0.1) is 0 Å². The molecule has 0 radical (unpaired) electrons. The number of pyridine rings is 3. The number of fused-ring (bicyclic) bond motifs is 3. The van der Waals surface area contributed by atoms with E-state index >= 15 is 0 Å². The van der Waals surface area contributed by atoms with Gasteiger partial charge in [0.2, 0.25) is 11.8 Å². The Kier molecular flexibility index (Phi) is 25.9. The van der Waals surface area contributed by atoms with Gasteiger partial charge in [-0.25, -0.2) is 29.9 Å². The monoisotopic (exact) mass is 1470 g/mol. The molecule has 0 unspecified atom stereocenters. The van der Waals surface area contributed by atoms with Crippen LogP contribution in [-0.2, 0) is 14.4 Å². The maximum absolute atomic E-state index is 12.8.